The molecule has 0 unspecified atom stereocenters. The van der Waals surface area contributed by atoms with E-state index in [0.717, 1.165) is 27.9 Å². The van der Waals surface area contributed by atoms with Crippen molar-refractivity contribution >= 4 is 22.5 Å². The quantitative estimate of drug-likeness (QED) is 0.687. The first-order valence-corrected chi connectivity index (χ1v) is 7.22. The third-order valence-electron chi connectivity index (χ3n) is 3.34. The molecule has 3 nitrogen and oxygen atoms in total. The SMILES string of the molecule is Cc1cc(Cl)c2ccc(COc3ccc(C#N)cc3)cc2n1.[H-].[Na+]. The van der Waals surface area contributed by atoms with Crippen molar-refractivity contribution in [1.29, 1.82) is 5.26 Å². The molecule has 0 N–H and O–H groups in total. The topological polar surface area (TPSA) is 45.9 Å². The third kappa shape index (κ3) is 4.25. The zero-order valence-electron chi connectivity index (χ0n) is 14.0. The number of rotatable bonds is 3. The molecule has 0 aliphatic heterocycles. The number of aromatic nitrogens is 1. The fourth-order valence-electron chi connectivity index (χ4n) is 2.24. The third-order valence-corrected chi connectivity index (χ3v) is 3.65. The van der Waals surface area contributed by atoms with Gasteiger partial charge in [0.1, 0.15) is 12.4 Å². The fraction of sp³-hybridized carbons (Fsp3) is 0.111. The smallest absolute Gasteiger partial charge is 1.00 e. The molecule has 1 aromatic heterocycles. The summed E-state index contributed by atoms with van der Waals surface area (Å²) < 4.78 is 5.73. The van der Waals surface area contributed by atoms with Crippen LogP contribution in [0.2, 0.25) is 5.02 Å². The van der Waals surface area contributed by atoms with E-state index >= 15 is 0 Å². The number of halogens is 1. The van der Waals surface area contributed by atoms with E-state index < -0.39 is 0 Å². The van der Waals surface area contributed by atoms with Gasteiger partial charge < -0.3 is 6.16 Å². The number of nitriles is 1. The van der Waals surface area contributed by atoms with E-state index in [0.29, 0.717) is 17.2 Å². The largest absolute Gasteiger partial charge is 1.00 e. The Morgan fingerprint density at radius 1 is 1.17 bits per heavy atom. The van der Waals surface area contributed by atoms with Crippen molar-refractivity contribution in [2.45, 2.75) is 13.5 Å². The van der Waals surface area contributed by atoms with Crippen LogP contribution in [0.3, 0.4) is 0 Å². The monoisotopic (exact) mass is 332 g/mol. The number of hydrogen-bond acceptors (Lipinski definition) is 3. The summed E-state index contributed by atoms with van der Waals surface area (Å²) in [5.74, 6) is 0.731. The number of fused-ring (bicyclic) bond motifs is 1. The van der Waals surface area contributed by atoms with Crippen LogP contribution in [0.5, 0.6) is 5.75 Å². The second-order valence-corrected chi connectivity index (χ2v) is 5.43. The minimum Gasteiger partial charge on any atom is -1.00 e. The summed E-state index contributed by atoms with van der Waals surface area (Å²) >= 11 is 6.22. The minimum atomic E-state index is 0. The van der Waals surface area contributed by atoms with Crippen molar-refractivity contribution in [3.8, 4) is 11.8 Å². The van der Waals surface area contributed by atoms with Crippen LogP contribution < -0.4 is 34.3 Å². The molecule has 0 atom stereocenters. The maximum absolute atomic E-state index is 8.77. The van der Waals surface area contributed by atoms with Gasteiger partial charge in [0, 0.05) is 11.1 Å². The molecule has 110 valence electrons. The van der Waals surface area contributed by atoms with Crippen LogP contribution in [-0.4, -0.2) is 4.98 Å². The predicted octanol–water partition coefficient (Wildman–Crippen LogP) is 1.76. The number of benzene rings is 2. The van der Waals surface area contributed by atoms with Gasteiger partial charge in [-0.05, 0) is 48.9 Å². The van der Waals surface area contributed by atoms with Crippen LogP contribution in [0.15, 0.2) is 48.5 Å². The molecule has 0 bridgehead atoms. The van der Waals surface area contributed by atoms with E-state index in [2.05, 4.69) is 11.1 Å². The van der Waals surface area contributed by atoms with Gasteiger partial charge in [-0.3, -0.25) is 4.98 Å². The molecule has 23 heavy (non-hydrogen) atoms. The minimum absolute atomic E-state index is 0. The van der Waals surface area contributed by atoms with E-state index in [4.69, 9.17) is 21.6 Å². The molecular formula is C18H14ClN2NaO. The zero-order chi connectivity index (χ0) is 15.5. The first-order valence-electron chi connectivity index (χ1n) is 6.84. The molecule has 0 amide bonds. The van der Waals surface area contributed by atoms with Crippen LogP contribution in [0.4, 0.5) is 0 Å². The predicted molar refractivity (Wildman–Crippen MR) is 88.1 cm³/mol. The molecular weight excluding hydrogens is 319 g/mol. The molecule has 0 spiro atoms. The van der Waals surface area contributed by atoms with E-state index in [1.807, 2.05) is 31.2 Å². The number of ether oxygens (including phenoxy) is 1. The summed E-state index contributed by atoms with van der Waals surface area (Å²) in [7, 11) is 0. The summed E-state index contributed by atoms with van der Waals surface area (Å²) in [6.07, 6.45) is 0. The van der Waals surface area contributed by atoms with Crippen molar-refractivity contribution in [1.82, 2.24) is 4.98 Å². The maximum Gasteiger partial charge on any atom is 1.00 e. The molecule has 2 aromatic carbocycles. The van der Waals surface area contributed by atoms with E-state index in [9.17, 15) is 0 Å². The van der Waals surface area contributed by atoms with E-state index in [1.54, 1.807) is 24.3 Å². The van der Waals surface area contributed by atoms with Crippen LogP contribution in [-0.2, 0) is 6.61 Å². The normalized spacial score (nSPS) is 9.96. The van der Waals surface area contributed by atoms with Crippen LogP contribution in [0.1, 0.15) is 18.2 Å². The van der Waals surface area contributed by atoms with Crippen LogP contribution >= 0.6 is 11.6 Å². The van der Waals surface area contributed by atoms with Crippen molar-refractivity contribution in [2.75, 3.05) is 0 Å². The van der Waals surface area contributed by atoms with Crippen molar-refractivity contribution in [2.24, 2.45) is 0 Å². The van der Waals surface area contributed by atoms with Gasteiger partial charge in [0.2, 0.25) is 0 Å². The number of pyridine rings is 1. The molecule has 0 aliphatic rings. The molecule has 0 fully saturated rings. The average Bonchev–Trinajstić information content (AvgIpc) is 2.53. The van der Waals surface area contributed by atoms with Gasteiger partial charge in [0.05, 0.1) is 22.2 Å². The standard InChI is InChI=1S/C18H13ClN2O.Na.H/c1-12-8-17(19)16-7-4-14(9-18(16)21-12)11-22-15-5-2-13(10-20)3-6-15;;/h2-9H,11H2,1H3;;/q;+1;-1. The Kier molecular flexibility index (Phi) is 6.04. The molecule has 5 heteroatoms. The molecule has 0 saturated carbocycles. The summed E-state index contributed by atoms with van der Waals surface area (Å²) in [4.78, 5) is 4.50. The summed E-state index contributed by atoms with van der Waals surface area (Å²) in [6, 6.07) is 16.9. The van der Waals surface area contributed by atoms with Gasteiger partial charge in [-0.15, -0.1) is 0 Å². The second-order valence-electron chi connectivity index (χ2n) is 5.02. The number of hydrogen-bond donors (Lipinski definition) is 0. The molecule has 0 saturated heterocycles. The maximum atomic E-state index is 8.77. The first-order chi connectivity index (χ1) is 10.7. The first kappa shape index (κ1) is 17.8. The molecule has 0 aliphatic carbocycles. The summed E-state index contributed by atoms with van der Waals surface area (Å²) in [5, 5.41) is 10.4. The molecule has 3 aromatic rings. The Morgan fingerprint density at radius 2 is 1.91 bits per heavy atom. The Labute approximate surface area is 163 Å². The second kappa shape index (κ2) is 7.81. The van der Waals surface area contributed by atoms with E-state index in [1.165, 1.54) is 0 Å². The average molecular weight is 333 g/mol. The van der Waals surface area contributed by atoms with E-state index in [-0.39, 0.29) is 31.0 Å². The van der Waals surface area contributed by atoms with Crippen molar-refractivity contribution in [3.05, 3.63) is 70.4 Å². The Bertz CT molecular complexity index is 879. The number of aryl methyl sites for hydroxylation is 1. The van der Waals surface area contributed by atoms with Gasteiger partial charge in [-0.1, -0.05) is 23.7 Å². The molecule has 0 radical (unpaired) electrons. The fourth-order valence-corrected chi connectivity index (χ4v) is 2.55. The van der Waals surface area contributed by atoms with Gasteiger partial charge in [0.15, 0.2) is 0 Å². The van der Waals surface area contributed by atoms with Gasteiger partial charge in [0.25, 0.3) is 0 Å². The Balaban J connectivity index is 0.00000144. The Morgan fingerprint density at radius 3 is 2.61 bits per heavy atom. The van der Waals surface area contributed by atoms with Gasteiger partial charge >= 0.3 is 29.6 Å². The zero-order valence-corrected chi connectivity index (χ0v) is 15.8. The van der Waals surface area contributed by atoms with Gasteiger partial charge in [-0.2, -0.15) is 5.26 Å². The van der Waals surface area contributed by atoms with Crippen molar-refractivity contribution in [3.63, 3.8) is 0 Å². The molecule has 3 rings (SSSR count). The summed E-state index contributed by atoms with van der Waals surface area (Å²) in [5.41, 5.74) is 3.40. The number of nitrogens with zero attached hydrogens (tertiary/aromatic N) is 2. The molecule has 1 heterocycles. The van der Waals surface area contributed by atoms with Crippen LogP contribution in [0, 0.1) is 18.3 Å². The van der Waals surface area contributed by atoms with Crippen molar-refractivity contribution < 1.29 is 35.7 Å². The van der Waals surface area contributed by atoms with Crippen LogP contribution in [0.25, 0.3) is 10.9 Å². The Hall–Kier alpha value is -1.57. The summed E-state index contributed by atoms with van der Waals surface area (Å²) in [6.45, 7) is 2.36. The van der Waals surface area contributed by atoms with Gasteiger partial charge in [-0.25, -0.2) is 0 Å².